The second-order valence-corrected chi connectivity index (χ2v) is 5.30. The molecule has 0 amide bonds. The molecular weight excluding hydrogens is 278 g/mol. The number of carboxylic acids is 1. The summed E-state index contributed by atoms with van der Waals surface area (Å²) in [4.78, 5) is 27.8. The summed E-state index contributed by atoms with van der Waals surface area (Å²) in [5, 5.41) is 15.0. The van der Waals surface area contributed by atoms with Gasteiger partial charge in [0.1, 0.15) is 18.1 Å². The SMILES string of the molecule is CCc1nn(CC(=O)O)c(CCc2cccs2)nc1=O. The highest BCUT2D eigenvalue weighted by Crippen LogP contribution is 2.11. The predicted octanol–water partition coefficient (Wildman–Crippen LogP) is 1.13. The smallest absolute Gasteiger partial charge is 0.325 e. The van der Waals surface area contributed by atoms with E-state index in [0.29, 0.717) is 24.4 Å². The van der Waals surface area contributed by atoms with E-state index in [1.807, 2.05) is 17.5 Å². The van der Waals surface area contributed by atoms with E-state index in [1.54, 1.807) is 18.3 Å². The summed E-state index contributed by atoms with van der Waals surface area (Å²) < 4.78 is 1.32. The fourth-order valence-electron chi connectivity index (χ4n) is 1.84. The van der Waals surface area contributed by atoms with Crippen LogP contribution in [0, 0.1) is 0 Å². The van der Waals surface area contributed by atoms with Gasteiger partial charge in [-0.3, -0.25) is 9.59 Å². The van der Waals surface area contributed by atoms with Gasteiger partial charge in [-0.2, -0.15) is 10.1 Å². The second kappa shape index (κ2) is 6.42. The molecule has 106 valence electrons. The van der Waals surface area contributed by atoms with Gasteiger partial charge >= 0.3 is 5.97 Å². The number of thiophene rings is 1. The first-order chi connectivity index (χ1) is 9.60. The van der Waals surface area contributed by atoms with Crippen LogP contribution in [0.1, 0.15) is 23.3 Å². The minimum absolute atomic E-state index is 0.278. The van der Waals surface area contributed by atoms with Crippen LogP contribution in [-0.2, 0) is 30.6 Å². The summed E-state index contributed by atoms with van der Waals surface area (Å²) in [6.07, 6.45) is 1.66. The molecule has 0 spiro atoms. The van der Waals surface area contributed by atoms with Gasteiger partial charge in [0.05, 0.1) is 0 Å². The van der Waals surface area contributed by atoms with Crippen LogP contribution in [0.25, 0.3) is 0 Å². The molecule has 2 rings (SSSR count). The molecule has 1 N–H and O–H groups in total. The van der Waals surface area contributed by atoms with E-state index >= 15 is 0 Å². The van der Waals surface area contributed by atoms with Gasteiger partial charge < -0.3 is 5.11 Å². The van der Waals surface area contributed by atoms with Gasteiger partial charge in [0.25, 0.3) is 5.56 Å². The number of aromatic nitrogens is 3. The molecule has 2 aromatic heterocycles. The first kappa shape index (κ1) is 14.4. The fraction of sp³-hybridized carbons (Fsp3) is 0.385. The van der Waals surface area contributed by atoms with Gasteiger partial charge in [0, 0.05) is 11.3 Å². The van der Waals surface area contributed by atoms with Gasteiger partial charge in [0.2, 0.25) is 0 Å². The maximum Gasteiger partial charge on any atom is 0.325 e. The maximum absolute atomic E-state index is 11.7. The molecule has 0 saturated heterocycles. The summed E-state index contributed by atoms with van der Waals surface area (Å²) in [7, 11) is 0. The van der Waals surface area contributed by atoms with Crippen molar-refractivity contribution in [2.75, 3.05) is 0 Å². The Hall–Kier alpha value is -2.02. The molecule has 0 aliphatic carbocycles. The van der Waals surface area contributed by atoms with E-state index in [0.717, 1.165) is 6.42 Å². The van der Waals surface area contributed by atoms with E-state index in [2.05, 4.69) is 10.1 Å². The minimum atomic E-state index is -0.998. The van der Waals surface area contributed by atoms with Gasteiger partial charge in [-0.25, -0.2) is 4.68 Å². The normalized spacial score (nSPS) is 10.7. The molecule has 0 aliphatic heterocycles. The first-order valence-corrected chi connectivity index (χ1v) is 7.19. The summed E-state index contributed by atoms with van der Waals surface area (Å²) >= 11 is 1.62. The molecule has 0 unspecified atom stereocenters. The molecule has 7 heteroatoms. The number of aliphatic carboxylic acids is 1. The van der Waals surface area contributed by atoms with Crippen molar-refractivity contribution in [3.8, 4) is 0 Å². The Morgan fingerprint density at radius 2 is 2.25 bits per heavy atom. The lowest BCUT2D eigenvalue weighted by atomic mass is 10.2. The highest BCUT2D eigenvalue weighted by Gasteiger charge is 2.12. The number of hydrogen-bond acceptors (Lipinski definition) is 5. The monoisotopic (exact) mass is 293 g/mol. The highest BCUT2D eigenvalue weighted by molar-refractivity contribution is 7.09. The van der Waals surface area contributed by atoms with Gasteiger partial charge in [-0.15, -0.1) is 11.3 Å². The Morgan fingerprint density at radius 3 is 2.85 bits per heavy atom. The molecule has 0 fully saturated rings. The molecule has 2 heterocycles. The number of nitrogens with zero attached hydrogens (tertiary/aromatic N) is 3. The molecule has 0 aromatic carbocycles. The fourth-order valence-corrected chi connectivity index (χ4v) is 2.55. The van der Waals surface area contributed by atoms with Crippen LogP contribution in [0.2, 0.25) is 0 Å². The van der Waals surface area contributed by atoms with Crippen molar-refractivity contribution in [3.05, 3.63) is 44.3 Å². The van der Waals surface area contributed by atoms with Crippen LogP contribution in [-0.4, -0.2) is 25.8 Å². The largest absolute Gasteiger partial charge is 0.480 e. The van der Waals surface area contributed by atoms with Crippen molar-refractivity contribution in [3.63, 3.8) is 0 Å². The van der Waals surface area contributed by atoms with Gasteiger partial charge in [-0.1, -0.05) is 13.0 Å². The second-order valence-electron chi connectivity index (χ2n) is 4.26. The zero-order valence-electron chi connectivity index (χ0n) is 11.1. The molecule has 6 nitrogen and oxygen atoms in total. The Morgan fingerprint density at radius 1 is 1.45 bits per heavy atom. The molecule has 0 bridgehead atoms. The van der Waals surface area contributed by atoms with Gasteiger partial charge in [0.15, 0.2) is 0 Å². The van der Waals surface area contributed by atoms with E-state index in [9.17, 15) is 9.59 Å². The average Bonchev–Trinajstić information content (AvgIpc) is 2.91. The number of rotatable bonds is 6. The lowest BCUT2D eigenvalue weighted by molar-refractivity contribution is -0.138. The summed E-state index contributed by atoms with van der Waals surface area (Å²) in [6, 6.07) is 3.95. The third-order valence-corrected chi connectivity index (χ3v) is 3.75. The minimum Gasteiger partial charge on any atom is -0.480 e. The van der Waals surface area contributed by atoms with Gasteiger partial charge in [-0.05, 0) is 24.3 Å². The Kier molecular flexibility index (Phi) is 4.62. The third kappa shape index (κ3) is 3.51. The summed E-state index contributed by atoms with van der Waals surface area (Å²) in [5.41, 5.74) is -0.0681. The zero-order valence-corrected chi connectivity index (χ0v) is 11.9. The first-order valence-electron chi connectivity index (χ1n) is 6.31. The van der Waals surface area contributed by atoms with Crippen LogP contribution in [0.15, 0.2) is 22.3 Å². The quantitative estimate of drug-likeness (QED) is 0.863. The van der Waals surface area contributed by atoms with E-state index in [-0.39, 0.29) is 12.1 Å². The third-order valence-electron chi connectivity index (χ3n) is 2.81. The molecule has 0 aliphatic rings. The number of hydrogen-bond donors (Lipinski definition) is 1. The topological polar surface area (TPSA) is 85.1 Å². The molecule has 0 radical (unpaired) electrons. The van der Waals surface area contributed by atoms with E-state index in [4.69, 9.17) is 5.11 Å². The van der Waals surface area contributed by atoms with Crippen LogP contribution in [0.4, 0.5) is 0 Å². The van der Waals surface area contributed by atoms with E-state index < -0.39 is 5.97 Å². The van der Waals surface area contributed by atoms with Crippen molar-refractivity contribution in [2.45, 2.75) is 32.7 Å². The molecule has 2 aromatic rings. The highest BCUT2D eigenvalue weighted by atomic mass is 32.1. The molecule has 0 atom stereocenters. The van der Waals surface area contributed by atoms with Crippen molar-refractivity contribution >= 4 is 17.3 Å². The Bertz CT molecular complexity index is 649. The Balaban J connectivity index is 2.26. The lowest BCUT2D eigenvalue weighted by Crippen LogP contribution is -2.27. The standard InChI is InChI=1S/C13H15N3O3S/c1-2-10-13(19)14-11(16(15-10)8-12(17)18)6-5-9-4-3-7-20-9/h3-4,7H,2,5-6,8H2,1H3,(H,17,18). The lowest BCUT2D eigenvalue weighted by Gasteiger charge is -2.10. The van der Waals surface area contributed by atoms with Crippen molar-refractivity contribution in [2.24, 2.45) is 0 Å². The molecule has 0 saturated carbocycles. The summed E-state index contributed by atoms with van der Waals surface area (Å²) in [5.74, 6) is -0.578. The van der Waals surface area contributed by atoms with Crippen molar-refractivity contribution in [1.29, 1.82) is 0 Å². The van der Waals surface area contributed by atoms with Crippen molar-refractivity contribution in [1.82, 2.24) is 14.8 Å². The predicted molar refractivity (Wildman–Crippen MR) is 75.0 cm³/mol. The van der Waals surface area contributed by atoms with Crippen molar-refractivity contribution < 1.29 is 9.90 Å². The van der Waals surface area contributed by atoms with Crippen LogP contribution >= 0.6 is 11.3 Å². The number of carbonyl (C=O) groups is 1. The zero-order chi connectivity index (χ0) is 14.5. The average molecular weight is 293 g/mol. The van der Waals surface area contributed by atoms with Crippen LogP contribution in [0.5, 0.6) is 0 Å². The van der Waals surface area contributed by atoms with Crippen LogP contribution < -0.4 is 5.56 Å². The molecular formula is C13H15N3O3S. The summed E-state index contributed by atoms with van der Waals surface area (Å²) in [6.45, 7) is 1.52. The maximum atomic E-state index is 11.7. The Labute approximate surface area is 119 Å². The van der Waals surface area contributed by atoms with E-state index in [1.165, 1.54) is 9.56 Å². The van der Waals surface area contributed by atoms with Crippen LogP contribution in [0.3, 0.4) is 0 Å². The number of carboxylic acid groups (broad SMARTS) is 1. The molecule has 20 heavy (non-hydrogen) atoms. The number of aryl methyl sites for hydroxylation is 3.